The van der Waals surface area contributed by atoms with E-state index in [1.54, 1.807) is 0 Å². The van der Waals surface area contributed by atoms with Crippen molar-refractivity contribution in [2.75, 3.05) is 6.54 Å². The van der Waals surface area contributed by atoms with E-state index in [0.29, 0.717) is 36.5 Å². The zero-order valence-corrected chi connectivity index (χ0v) is 16.1. The number of benzene rings is 2. The minimum absolute atomic E-state index is 0.366. The molecule has 0 saturated carbocycles. The van der Waals surface area contributed by atoms with Crippen molar-refractivity contribution in [2.24, 2.45) is 0 Å². The fraction of sp³-hybridized carbons (Fsp3) is 0.458. The van der Waals surface area contributed by atoms with Crippen molar-refractivity contribution in [3.63, 3.8) is 0 Å². The van der Waals surface area contributed by atoms with E-state index >= 15 is 0 Å². The average Bonchev–Trinajstić information content (AvgIpc) is 3.22. The number of hydrogen-bond acceptors (Lipinski definition) is 2. The van der Waals surface area contributed by atoms with E-state index in [9.17, 15) is 4.79 Å². The standard InChI is InChI=1S/C24H28N2O/c1-2-24(27)26-22-14-15-23(26)21-13-12-20(22)25(21)16-6-10-18-9-5-8-17-7-3-4-11-19(17)18/h3-11,20-23H,2,12-16H2,1H3/b10-6+/t20-,21+,22-,23+. The van der Waals surface area contributed by atoms with Crippen LogP contribution < -0.4 is 0 Å². The molecular formula is C24H28N2O. The second-order valence-corrected chi connectivity index (χ2v) is 8.25. The summed E-state index contributed by atoms with van der Waals surface area (Å²) in [6, 6.07) is 17.1. The van der Waals surface area contributed by atoms with Crippen LogP contribution in [0, 0.1) is 0 Å². The van der Waals surface area contributed by atoms with Gasteiger partial charge in [0.1, 0.15) is 0 Å². The second kappa shape index (κ2) is 6.79. The zero-order valence-electron chi connectivity index (χ0n) is 16.1. The topological polar surface area (TPSA) is 23.6 Å². The fourth-order valence-electron chi connectivity index (χ4n) is 5.89. The van der Waals surface area contributed by atoms with Gasteiger partial charge in [0, 0.05) is 37.1 Å². The Balaban J connectivity index is 1.35. The Morgan fingerprint density at radius 1 is 0.963 bits per heavy atom. The number of hydrogen-bond donors (Lipinski definition) is 0. The first-order chi connectivity index (χ1) is 13.3. The molecule has 4 atom stereocenters. The first-order valence-electron chi connectivity index (χ1n) is 10.5. The maximum atomic E-state index is 12.5. The Morgan fingerprint density at radius 2 is 1.63 bits per heavy atom. The summed E-state index contributed by atoms with van der Waals surface area (Å²) in [5.41, 5.74) is 1.29. The van der Waals surface area contributed by atoms with E-state index in [1.165, 1.54) is 42.0 Å². The van der Waals surface area contributed by atoms with Gasteiger partial charge in [-0.3, -0.25) is 9.69 Å². The smallest absolute Gasteiger partial charge is 0.222 e. The molecule has 3 heteroatoms. The Morgan fingerprint density at radius 3 is 2.37 bits per heavy atom. The first-order valence-corrected chi connectivity index (χ1v) is 10.5. The van der Waals surface area contributed by atoms with Gasteiger partial charge in [-0.2, -0.15) is 0 Å². The summed E-state index contributed by atoms with van der Waals surface area (Å²) in [5.74, 6) is 0.366. The molecule has 0 aliphatic carbocycles. The molecular weight excluding hydrogens is 332 g/mol. The van der Waals surface area contributed by atoms with E-state index in [0.717, 1.165) is 6.54 Å². The Bertz CT molecular complexity index is 864. The van der Waals surface area contributed by atoms with Crippen LogP contribution in [-0.2, 0) is 4.79 Å². The molecule has 4 bridgehead atoms. The van der Waals surface area contributed by atoms with Gasteiger partial charge in [0.25, 0.3) is 0 Å². The molecule has 1 amide bonds. The SMILES string of the molecule is CCC(=O)N1[C@@H]2CC[C@H]1[C@@H]1CC[C@H]2N1C/C=C/c1cccc2ccccc12. The predicted octanol–water partition coefficient (Wildman–Crippen LogP) is 4.47. The third kappa shape index (κ3) is 2.71. The van der Waals surface area contributed by atoms with Crippen LogP contribution in [0.15, 0.2) is 48.5 Å². The maximum absolute atomic E-state index is 12.5. The molecule has 0 aromatic heterocycles. The monoisotopic (exact) mass is 360 g/mol. The van der Waals surface area contributed by atoms with Crippen LogP contribution in [0.1, 0.15) is 44.6 Å². The predicted molar refractivity (Wildman–Crippen MR) is 110 cm³/mol. The van der Waals surface area contributed by atoms with Crippen molar-refractivity contribution in [2.45, 2.75) is 63.2 Å². The number of carbonyl (C=O) groups is 1. The normalized spacial score (nSPS) is 29.9. The lowest BCUT2D eigenvalue weighted by atomic mass is 10.0. The quantitative estimate of drug-likeness (QED) is 0.803. The van der Waals surface area contributed by atoms with E-state index in [-0.39, 0.29) is 0 Å². The number of piperazine rings is 1. The molecule has 2 aromatic rings. The van der Waals surface area contributed by atoms with Crippen molar-refractivity contribution in [3.8, 4) is 0 Å². The number of fused-ring (bicyclic) bond motifs is 7. The van der Waals surface area contributed by atoms with Crippen LogP contribution in [0.2, 0.25) is 0 Å². The van der Waals surface area contributed by atoms with E-state index in [2.05, 4.69) is 64.4 Å². The number of nitrogens with zero attached hydrogens (tertiary/aromatic N) is 2. The van der Waals surface area contributed by atoms with E-state index < -0.39 is 0 Å². The van der Waals surface area contributed by atoms with Crippen molar-refractivity contribution in [1.82, 2.24) is 9.80 Å². The highest BCUT2D eigenvalue weighted by Gasteiger charge is 2.55. The average molecular weight is 361 g/mol. The molecule has 3 aliphatic heterocycles. The molecule has 27 heavy (non-hydrogen) atoms. The Labute approximate surface area is 161 Å². The molecule has 5 rings (SSSR count). The molecule has 0 N–H and O–H groups in total. The van der Waals surface area contributed by atoms with Crippen molar-refractivity contribution >= 4 is 22.8 Å². The van der Waals surface area contributed by atoms with Crippen LogP contribution in [-0.4, -0.2) is 46.4 Å². The van der Waals surface area contributed by atoms with Gasteiger partial charge in [0.05, 0.1) is 0 Å². The summed E-state index contributed by atoms with van der Waals surface area (Å²) in [5, 5.41) is 2.61. The summed E-state index contributed by atoms with van der Waals surface area (Å²) in [6.07, 6.45) is 10.2. The highest BCUT2D eigenvalue weighted by atomic mass is 16.2. The zero-order chi connectivity index (χ0) is 18.4. The number of rotatable bonds is 4. The largest absolute Gasteiger partial charge is 0.334 e. The van der Waals surface area contributed by atoms with Gasteiger partial charge < -0.3 is 4.90 Å². The van der Waals surface area contributed by atoms with Crippen molar-refractivity contribution < 1.29 is 4.79 Å². The van der Waals surface area contributed by atoms with Gasteiger partial charge in [-0.1, -0.05) is 61.5 Å². The molecule has 3 aliphatic rings. The van der Waals surface area contributed by atoms with Crippen LogP contribution in [0.3, 0.4) is 0 Å². The Hall–Kier alpha value is -2.13. The van der Waals surface area contributed by atoms with Crippen LogP contribution in [0.4, 0.5) is 0 Å². The van der Waals surface area contributed by atoms with Gasteiger partial charge in [-0.25, -0.2) is 0 Å². The van der Waals surface area contributed by atoms with Crippen LogP contribution in [0.5, 0.6) is 0 Å². The molecule has 0 radical (unpaired) electrons. The lowest BCUT2D eigenvalue weighted by Crippen LogP contribution is -2.61. The van der Waals surface area contributed by atoms with Gasteiger partial charge in [0.15, 0.2) is 0 Å². The Kier molecular flexibility index (Phi) is 4.28. The molecule has 3 saturated heterocycles. The van der Waals surface area contributed by atoms with Gasteiger partial charge in [0.2, 0.25) is 5.91 Å². The summed E-state index contributed by atoms with van der Waals surface area (Å²) >= 11 is 0. The molecule has 140 valence electrons. The molecule has 3 heterocycles. The van der Waals surface area contributed by atoms with E-state index in [4.69, 9.17) is 0 Å². The number of carbonyl (C=O) groups excluding carboxylic acids is 1. The lowest BCUT2D eigenvalue weighted by molar-refractivity contribution is -0.139. The van der Waals surface area contributed by atoms with Gasteiger partial charge >= 0.3 is 0 Å². The molecule has 3 nitrogen and oxygen atoms in total. The maximum Gasteiger partial charge on any atom is 0.222 e. The molecule has 0 unspecified atom stereocenters. The van der Waals surface area contributed by atoms with Gasteiger partial charge in [-0.15, -0.1) is 0 Å². The third-order valence-corrected chi connectivity index (χ3v) is 7.00. The molecule has 2 aromatic carbocycles. The third-order valence-electron chi connectivity index (χ3n) is 7.00. The van der Waals surface area contributed by atoms with Gasteiger partial charge in [-0.05, 0) is 42.0 Å². The fourth-order valence-corrected chi connectivity index (χ4v) is 5.89. The summed E-state index contributed by atoms with van der Waals surface area (Å²) in [7, 11) is 0. The van der Waals surface area contributed by atoms with Crippen LogP contribution in [0.25, 0.3) is 16.8 Å². The highest BCUT2D eigenvalue weighted by Crippen LogP contribution is 2.45. The lowest BCUT2D eigenvalue weighted by Gasteiger charge is -2.46. The van der Waals surface area contributed by atoms with Crippen molar-refractivity contribution in [3.05, 3.63) is 54.1 Å². The van der Waals surface area contributed by atoms with E-state index in [1.807, 2.05) is 6.92 Å². The number of amides is 1. The molecule has 3 fully saturated rings. The minimum atomic E-state index is 0.366. The van der Waals surface area contributed by atoms with Crippen molar-refractivity contribution in [1.29, 1.82) is 0 Å². The molecule has 0 spiro atoms. The summed E-state index contributed by atoms with van der Waals surface area (Å²) < 4.78 is 0. The summed E-state index contributed by atoms with van der Waals surface area (Å²) in [4.78, 5) is 17.4. The first kappa shape index (κ1) is 17.0. The minimum Gasteiger partial charge on any atom is -0.334 e. The van der Waals surface area contributed by atoms with Crippen LogP contribution >= 0.6 is 0 Å². The second-order valence-electron chi connectivity index (χ2n) is 8.25. The summed E-state index contributed by atoms with van der Waals surface area (Å²) in [6.45, 7) is 3.00. The highest BCUT2D eigenvalue weighted by molar-refractivity contribution is 5.90.